The molecule has 1 aromatic carbocycles. The van der Waals surface area contributed by atoms with Crippen molar-refractivity contribution >= 4 is 11.8 Å². The molecule has 0 aliphatic carbocycles. The van der Waals surface area contributed by atoms with Crippen LogP contribution in [-0.2, 0) is 4.79 Å². The average Bonchev–Trinajstić information content (AvgIpc) is 3.01. The first-order valence-corrected chi connectivity index (χ1v) is 7.93. The Hall–Kier alpha value is -2.28. The number of likely N-dealkylation sites (N-methyl/N-ethyl adjacent to an activating group) is 1. The lowest BCUT2D eigenvalue weighted by Gasteiger charge is -2.22. The molecule has 0 radical (unpaired) electrons. The zero-order valence-corrected chi connectivity index (χ0v) is 14.4. The van der Waals surface area contributed by atoms with Crippen molar-refractivity contribution in [2.45, 2.75) is 13.3 Å². The molecular weight excluding hydrogens is 310 g/mol. The van der Waals surface area contributed by atoms with Crippen molar-refractivity contribution in [3.05, 3.63) is 23.8 Å². The second-order valence-electron chi connectivity index (χ2n) is 6.32. The van der Waals surface area contributed by atoms with Crippen molar-refractivity contribution < 1.29 is 19.1 Å². The molecule has 1 aliphatic heterocycles. The lowest BCUT2D eigenvalue weighted by molar-refractivity contribution is -0.122. The van der Waals surface area contributed by atoms with Crippen LogP contribution in [0.15, 0.2) is 18.2 Å². The maximum Gasteiger partial charge on any atom is 0.257 e. The largest absolute Gasteiger partial charge is 0.493 e. The minimum absolute atomic E-state index is 0.0175. The minimum atomic E-state index is -0.240. The lowest BCUT2D eigenvalue weighted by Crippen LogP contribution is -2.34. The van der Waals surface area contributed by atoms with E-state index in [2.05, 4.69) is 12.2 Å². The monoisotopic (exact) mass is 335 g/mol. The highest BCUT2D eigenvalue weighted by Gasteiger charge is 2.35. The molecule has 0 spiro atoms. The molecule has 2 rings (SSSR count). The van der Waals surface area contributed by atoms with Gasteiger partial charge in [0.25, 0.3) is 11.8 Å². The molecule has 1 aliphatic rings. The number of rotatable bonds is 6. The Morgan fingerprint density at radius 2 is 2.12 bits per heavy atom. The summed E-state index contributed by atoms with van der Waals surface area (Å²) in [5, 5.41) is 2.48. The van der Waals surface area contributed by atoms with Gasteiger partial charge in [-0.25, -0.2) is 0 Å². The number of hydrogen-bond acceptors (Lipinski definition) is 5. The summed E-state index contributed by atoms with van der Waals surface area (Å²) in [6.45, 7) is 3.90. The van der Waals surface area contributed by atoms with Gasteiger partial charge in [-0.2, -0.15) is 0 Å². The molecule has 2 amide bonds. The van der Waals surface area contributed by atoms with Crippen LogP contribution in [0.4, 0.5) is 0 Å². The van der Waals surface area contributed by atoms with Gasteiger partial charge in [0.05, 0.1) is 7.11 Å². The summed E-state index contributed by atoms with van der Waals surface area (Å²) in [5.74, 6) is 0.551. The molecule has 132 valence electrons. The second kappa shape index (κ2) is 7.53. The number of benzene rings is 1. The van der Waals surface area contributed by atoms with Gasteiger partial charge in [0.1, 0.15) is 0 Å². The zero-order chi connectivity index (χ0) is 17.7. The third kappa shape index (κ3) is 3.97. The number of nitrogens with one attached hydrogen (secondary N) is 1. The molecule has 1 aromatic rings. The zero-order valence-electron chi connectivity index (χ0n) is 14.4. The van der Waals surface area contributed by atoms with E-state index in [1.165, 1.54) is 14.2 Å². The molecule has 0 aromatic heterocycles. The van der Waals surface area contributed by atoms with E-state index in [-0.39, 0.29) is 23.8 Å². The highest BCUT2D eigenvalue weighted by Crippen LogP contribution is 2.32. The summed E-state index contributed by atoms with van der Waals surface area (Å²) in [7, 11) is 3.04. The minimum Gasteiger partial charge on any atom is -0.493 e. The van der Waals surface area contributed by atoms with Gasteiger partial charge in [-0.1, -0.05) is 6.92 Å². The van der Waals surface area contributed by atoms with Crippen LogP contribution in [0.3, 0.4) is 0 Å². The number of ether oxygens (including phenoxy) is 2. The van der Waals surface area contributed by atoms with Crippen LogP contribution in [0.5, 0.6) is 11.5 Å². The average molecular weight is 335 g/mol. The summed E-state index contributed by atoms with van der Waals surface area (Å²) in [5.41, 5.74) is 6.31. The van der Waals surface area contributed by atoms with Gasteiger partial charge in [-0.15, -0.1) is 0 Å². The molecule has 1 heterocycles. The van der Waals surface area contributed by atoms with Gasteiger partial charge in [-0.05, 0) is 36.6 Å². The van der Waals surface area contributed by atoms with Crippen molar-refractivity contribution in [2.24, 2.45) is 11.1 Å². The van der Waals surface area contributed by atoms with Crippen molar-refractivity contribution in [3.8, 4) is 11.5 Å². The molecule has 1 unspecified atom stereocenters. The van der Waals surface area contributed by atoms with E-state index in [1.54, 1.807) is 18.2 Å². The number of carbonyl (C=O) groups is 2. The predicted octanol–water partition coefficient (Wildman–Crippen LogP) is 0.631. The number of methoxy groups -OCH3 is 1. The van der Waals surface area contributed by atoms with E-state index in [0.29, 0.717) is 36.7 Å². The molecule has 1 atom stereocenters. The fraction of sp³-hybridized carbons (Fsp3) is 0.529. The predicted molar refractivity (Wildman–Crippen MR) is 90.2 cm³/mol. The molecule has 0 saturated carbocycles. The molecule has 24 heavy (non-hydrogen) atoms. The molecule has 7 nitrogen and oxygen atoms in total. The van der Waals surface area contributed by atoms with E-state index in [9.17, 15) is 9.59 Å². The van der Waals surface area contributed by atoms with Crippen LogP contribution in [0.2, 0.25) is 0 Å². The first-order valence-electron chi connectivity index (χ1n) is 7.93. The van der Waals surface area contributed by atoms with Gasteiger partial charge < -0.3 is 25.4 Å². The number of nitrogens with two attached hydrogens (primary N) is 1. The molecular formula is C17H25N3O4. The Morgan fingerprint density at radius 3 is 2.71 bits per heavy atom. The lowest BCUT2D eigenvalue weighted by atomic mass is 9.90. The molecule has 0 bridgehead atoms. The Bertz CT molecular complexity index is 620. The first-order chi connectivity index (χ1) is 11.4. The van der Waals surface area contributed by atoms with Gasteiger partial charge in [0.2, 0.25) is 0 Å². The van der Waals surface area contributed by atoms with E-state index in [4.69, 9.17) is 15.2 Å². The van der Waals surface area contributed by atoms with Crippen molar-refractivity contribution in [3.63, 3.8) is 0 Å². The number of likely N-dealkylation sites (tertiary alicyclic amines) is 1. The van der Waals surface area contributed by atoms with Crippen LogP contribution >= 0.6 is 0 Å². The van der Waals surface area contributed by atoms with E-state index in [1.807, 2.05) is 4.90 Å². The van der Waals surface area contributed by atoms with Gasteiger partial charge in [0.15, 0.2) is 18.1 Å². The molecule has 1 saturated heterocycles. The second-order valence-corrected chi connectivity index (χ2v) is 6.32. The maximum atomic E-state index is 12.7. The van der Waals surface area contributed by atoms with Gasteiger partial charge in [-0.3, -0.25) is 9.59 Å². The summed E-state index contributed by atoms with van der Waals surface area (Å²) >= 11 is 0. The fourth-order valence-corrected chi connectivity index (χ4v) is 2.68. The van der Waals surface area contributed by atoms with Crippen LogP contribution in [0.1, 0.15) is 23.7 Å². The highest BCUT2D eigenvalue weighted by molar-refractivity contribution is 5.95. The van der Waals surface area contributed by atoms with Crippen molar-refractivity contribution in [1.29, 1.82) is 0 Å². The van der Waals surface area contributed by atoms with Crippen LogP contribution < -0.4 is 20.5 Å². The summed E-state index contributed by atoms with van der Waals surface area (Å²) in [6, 6.07) is 4.97. The standard InChI is InChI=1S/C17H25N3O4/c1-17(10-18)6-7-20(11-17)16(22)12-4-5-13(14(8-12)23-3)24-9-15(21)19-2/h4-5,8H,6-7,9-11,18H2,1-3H3,(H,19,21). The topological polar surface area (TPSA) is 93.9 Å². The molecule has 1 fully saturated rings. The van der Waals surface area contributed by atoms with E-state index in [0.717, 1.165) is 6.42 Å². The fourth-order valence-electron chi connectivity index (χ4n) is 2.68. The van der Waals surface area contributed by atoms with Gasteiger partial charge >= 0.3 is 0 Å². The normalized spacial score (nSPS) is 19.9. The summed E-state index contributed by atoms with van der Waals surface area (Å²) < 4.78 is 10.7. The Balaban J connectivity index is 2.11. The number of carbonyl (C=O) groups excluding carboxylic acids is 2. The SMILES string of the molecule is CNC(=O)COc1ccc(C(=O)N2CCC(C)(CN)C2)cc1OC. The smallest absolute Gasteiger partial charge is 0.257 e. The summed E-state index contributed by atoms with van der Waals surface area (Å²) in [6.07, 6.45) is 0.902. The highest BCUT2D eigenvalue weighted by atomic mass is 16.5. The third-order valence-electron chi connectivity index (χ3n) is 4.39. The molecule has 7 heteroatoms. The van der Waals surface area contributed by atoms with E-state index < -0.39 is 0 Å². The van der Waals surface area contributed by atoms with Crippen molar-refractivity contribution in [1.82, 2.24) is 10.2 Å². The maximum absolute atomic E-state index is 12.7. The van der Waals surface area contributed by atoms with Crippen molar-refractivity contribution in [2.75, 3.05) is 40.4 Å². The number of hydrogen-bond donors (Lipinski definition) is 2. The van der Waals surface area contributed by atoms with Crippen LogP contribution in [0.25, 0.3) is 0 Å². The Morgan fingerprint density at radius 1 is 1.38 bits per heavy atom. The first kappa shape index (κ1) is 18.1. The van der Waals surface area contributed by atoms with Crippen LogP contribution in [-0.4, -0.2) is 57.1 Å². The Labute approximate surface area is 142 Å². The third-order valence-corrected chi connectivity index (χ3v) is 4.39. The number of amides is 2. The quantitative estimate of drug-likeness (QED) is 0.795. The van der Waals surface area contributed by atoms with Crippen LogP contribution in [0, 0.1) is 5.41 Å². The summed E-state index contributed by atoms with van der Waals surface area (Å²) in [4.78, 5) is 25.8. The molecule has 3 N–H and O–H groups in total. The van der Waals surface area contributed by atoms with E-state index >= 15 is 0 Å². The Kier molecular flexibility index (Phi) is 5.66. The van der Waals surface area contributed by atoms with Gasteiger partial charge in [0, 0.05) is 25.7 Å². The number of nitrogens with zero attached hydrogens (tertiary/aromatic N) is 1.